The van der Waals surface area contributed by atoms with Gasteiger partial charge in [-0.1, -0.05) is 18.9 Å². The zero-order valence-electron chi connectivity index (χ0n) is 10.9. The van der Waals surface area contributed by atoms with Gasteiger partial charge in [0.15, 0.2) is 0 Å². The summed E-state index contributed by atoms with van der Waals surface area (Å²) in [6.07, 6.45) is 3.95. The number of nitrogens with one attached hydrogen (secondary N) is 1. The van der Waals surface area contributed by atoms with E-state index in [0.29, 0.717) is 5.69 Å². The molecule has 4 nitrogen and oxygen atoms in total. The lowest BCUT2D eigenvalue weighted by Gasteiger charge is -2.25. The summed E-state index contributed by atoms with van der Waals surface area (Å²) >= 11 is 0. The van der Waals surface area contributed by atoms with Crippen LogP contribution >= 0.6 is 0 Å². The summed E-state index contributed by atoms with van der Waals surface area (Å²) < 4.78 is 27.4. The van der Waals surface area contributed by atoms with Gasteiger partial charge in [-0.15, -0.1) is 0 Å². The zero-order valence-corrected chi connectivity index (χ0v) is 11.7. The fraction of sp³-hybridized carbons (Fsp3) is 0.538. The maximum absolute atomic E-state index is 12.3. The van der Waals surface area contributed by atoms with Crippen LogP contribution < -0.4 is 10.5 Å². The average Bonchev–Trinajstić information content (AvgIpc) is 2.67. The number of nitrogens with two attached hydrogens (primary N) is 1. The van der Waals surface area contributed by atoms with E-state index in [0.717, 1.165) is 31.2 Å². The molecular weight excluding hydrogens is 248 g/mol. The minimum Gasteiger partial charge on any atom is -0.398 e. The molecule has 0 heterocycles. The second-order valence-electron chi connectivity index (χ2n) is 5.39. The van der Waals surface area contributed by atoms with Gasteiger partial charge in [-0.05, 0) is 44.4 Å². The van der Waals surface area contributed by atoms with E-state index >= 15 is 0 Å². The number of nitrogen functional groups attached to an aromatic ring is 1. The Balaban J connectivity index is 2.27. The first-order chi connectivity index (χ1) is 8.32. The van der Waals surface area contributed by atoms with Crippen molar-refractivity contribution in [1.29, 1.82) is 0 Å². The quantitative estimate of drug-likeness (QED) is 0.825. The van der Waals surface area contributed by atoms with Crippen molar-refractivity contribution in [2.24, 2.45) is 0 Å². The Labute approximate surface area is 109 Å². The third-order valence-electron chi connectivity index (χ3n) is 3.65. The average molecular weight is 268 g/mol. The van der Waals surface area contributed by atoms with Gasteiger partial charge in [-0.25, -0.2) is 13.1 Å². The first kappa shape index (κ1) is 13.4. The van der Waals surface area contributed by atoms with E-state index in [1.165, 1.54) is 6.07 Å². The second-order valence-corrected chi connectivity index (χ2v) is 7.07. The van der Waals surface area contributed by atoms with Crippen LogP contribution in [-0.4, -0.2) is 14.0 Å². The van der Waals surface area contributed by atoms with E-state index < -0.39 is 10.0 Å². The van der Waals surface area contributed by atoms with Crippen LogP contribution in [0.3, 0.4) is 0 Å². The van der Waals surface area contributed by atoms with Gasteiger partial charge in [-0.3, -0.25) is 0 Å². The molecule has 0 saturated heterocycles. The van der Waals surface area contributed by atoms with Gasteiger partial charge in [0.05, 0.1) is 4.90 Å². The number of aryl methyl sites for hydroxylation is 1. The molecule has 0 aliphatic heterocycles. The van der Waals surface area contributed by atoms with Crippen molar-refractivity contribution in [2.45, 2.75) is 50.0 Å². The molecule has 0 atom stereocenters. The van der Waals surface area contributed by atoms with Gasteiger partial charge in [0, 0.05) is 11.2 Å². The number of anilines is 1. The highest BCUT2D eigenvalue weighted by Crippen LogP contribution is 2.31. The molecule has 0 amide bonds. The van der Waals surface area contributed by atoms with Crippen molar-refractivity contribution in [1.82, 2.24) is 4.72 Å². The summed E-state index contributed by atoms with van der Waals surface area (Å²) in [6.45, 7) is 3.83. The second kappa shape index (κ2) is 4.55. The van der Waals surface area contributed by atoms with Crippen molar-refractivity contribution in [3.05, 3.63) is 23.8 Å². The van der Waals surface area contributed by atoms with Crippen LogP contribution in [0.2, 0.25) is 0 Å². The Morgan fingerprint density at radius 1 is 1.28 bits per heavy atom. The topological polar surface area (TPSA) is 72.2 Å². The van der Waals surface area contributed by atoms with Crippen LogP contribution in [0.5, 0.6) is 0 Å². The van der Waals surface area contributed by atoms with Crippen LogP contribution in [0, 0.1) is 6.92 Å². The SMILES string of the molecule is Cc1ccc(S(=O)(=O)NC2(C)CCCC2)cc1N. The molecule has 0 aromatic heterocycles. The van der Waals surface area contributed by atoms with Gasteiger partial charge < -0.3 is 5.73 Å². The molecule has 1 fully saturated rings. The lowest BCUT2D eigenvalue weighted by atomic mass is 10.0. The van der Waals surface area contributed by atoms with E-state index in [9.17, 15) is 8.42 Å². The Morgan fingerprint density at radius 3 is 2.44 bits per heavy atom. The van der Waals surface area contributed by atoms with E-state index in [1.807, 2.05) is 13.8 Å². The van der Waals surface area contributed by atoms with Crippen molar-refractivity contribution in [3.8, 4) is 0 Å². The summed E-state index contributed by atoms with van der Waals surface area (Å²) in [5, 5.41) is 0. The first-order valence-electron chi connectivity index (χ1n) is 6.23. The summed E-state index contributed by atoms with van der Waals surface area (Å²) in [5.41, 5.74) is 6.86. The normalized spacial score (nSPS) is 19.0. The predicted octanol–water partition coefficient (Wildman–Crippen LogP) is 2.19. The number of benzene rings is 1. The van der Waals surface area contributed by atoms with Crippen LogP contribution in [0.15, 0.2) is 23.1 Å². The summed E-state index contributed by atoms with van der Waals surface area (Å²) in [5.74, 6) is 0. The van der Waals surface area contributed by atoms with Gasteiger partial charge in [0.2, 0.25) is 10.0 Å². The number of hydrogen-bond donors (Lipinski definition) is 2. The third kappa shape index (κ3) is 2.67. The van der Waals surface area contributed by atoms with Gasteiger partial charge >= 0.3 is 0 Å². The molecule has 0 spiro atoms. The van der Waals surface area contributed by atoms with Crippen LogP contribution in [0.4, 0.5) is 5.69 Å². The maximum atomic E-state index is 12.3. The largest absolute Gasteiger partial charge is 0.398 e. The van der Waals surface area contributed by atoms with E-state index in [4.69, 9.17) is 5.73 Å². The number of hydrogen-bond acceptors (Lipinski definition) is 3. The zero-order chi connectivity index (χ0) is 13.4. The highest BCUT2D eigenvalue weighted by molar-refractivity contribution is 7.89. The van der Waals surface area contributed by atoms with Crippen LogP contribution in [-0.2, 0) is 10.0 Å². The molecule has 2 rings (SSSR count). The number of sulfonamides is 1. The number of rotatable bonds is 3. The lowest BCUT2D eigenvalue weighted by Crippen LogP contribution is -2.43. The minimum absolute atomic E-state index is 0.249. The van der Waals surface area contributed by atoms with Gasteiger partial charge in [-0.2, -0.15) is 0 Å². The summed E-state index contributed by atoms with van der Waals surface area (Å²) in [7, 11) is -3.47. The molecule has 1 aliphatic carbocycles. The fourth-order valence-corrected chi connectivity index (χ4v) is 3.93. The first-order valence-corrected chi connectivity index (χ1v) is 7.71. The Bertz CT molecular complexity index is 546. The van der Waals surface area contributed by atoms with E-state index in [2.05, 4.69) is 4.72 Å². The fourth-order valence-electron chi connectivity index (χ4n) is 2.43. The van der Waals surface area contributed by atoms with Crippen LogP contribution in [0.1, 0.15) is 38.2 Å². The van der Waals surface area contributed by atoms with Crippen molar-refractivity contribution in [3.63, 3.8) is 0 Å². The molecule has 18 heavy (non-hydrogen) atoms. The van der Waals surface area contributed by atoms with Crippen molar-refractivity contribution >= 4 is 15.7 Å². The van der Waals surface area contributed by atoms with E-state index in [1.54, 1.807) is 12.1 Å². The third-order valence-corrected chi connectivity index (χ3v) is 5.28. The highest BCUT2D eigenvalue weighted by atomic mass is 32.2. The van der Waals surface area contributed by atoms with Gasteiger partial charge in [0.25, 0.3) is 0 Å². The van der Waals surface area contributed by atoms with Crippen molar-refractivity contribution in [2.75, 3.05) is 5.73 Å². The standard InChI is InChI=1S/C13H20N2O2S/c1-10-5-6-11(9-12(10)14)18(16,17)15-13(2)7-3-4-8-13/h5-6,9,15H,3-4,7-8,14H2,1-2H3. The molecule has 3 N–H and O–H groups in total. The predicted molar refractivity (Wildman–Crippen MR) is 72.8 cm³/mol. The molecule has 1 aliphatic rings. The Hall–Kier alpha value is -1.07. The van der Waals surface area contributed by atoms with Crippen molar-refractivity contribution < 1.29 is 8.42 Å². The molecule has 0 radical (unpaired) electrons. The molecular formula is C13H20N2O2S. The lowest BCUT2D eigenvalue weighted by molar-refractivity contribution is 0.427. The molecule has 0 bridgehead atoms. The van der Waals surface area contributed by atoms with Gasteiger partial charge in [0.1, 0.15) is 0 Å². The summed E-state index contributed by atoms with van der Waals surface area (Å²) in [6, 6.07) is 4.86. The molecule has 1 aromatic rings. The molecule has 0 unspecified atom stereocenters. The Morgan fingerprint density at radius 2 is 1.89 bits per heavy atom. The summed E-state index contributed by atoms with van der Waals surface area (Å²) in [4.78, 5) is 0.249. The minimum atomic E-state index is -3.47. The Kier molecular flexibility index (Phi) is 3.38. The smallest absolute Gasteiger partial charge is 0.241 e. The van der Waals surface area contributed by atoms with Crippen LogP contribution in [0.25, 0.3) is 0 Å². The molecule has 1 saturated carbocycles. The molecule has 1 aromatic carbocycles. The monoisotopic (exact) mass is 268 g/mol. The highest BCUT2D eigenvalue weighted by Gasteiger charge is 2.33. The van der Waals surface area contributed by atoms with E-state index in [-0.39, 0.29) is 10.4 Å². The molecule has 100 valence electrons. The molecule has 5 heteroatoms. The maximum Gasteiger partial charge on any atom is 0.241 e.